The molecule has 7 heteroatoms. The van der Waals surface area contributed by atoms with Gasteiger partial charge < -0.3 is 10.4 Å². The van der Waals surface area contributed by atoms with Crippen LogP contribution in [0.1, 0.15) is 20.3 Å². The van der Waals surface area contributed by atoms with Crippen LogP contribution >= 0.6 is 0 Å². The van der Waals surface area contributed by atoms with E-state index in [1.165, 1.54) is 18.5 Å². The van der Waals surface area contributed by atoms with Crippen molar-refractivity contribution in [2.45, 2.75) is 32.9 Å². The molecule has 0 aliphatic rings. The molecule has 0 saturated carbocycles. The summed E-state index contributed by atoms with van der Waals surface area (Å²) < 4.78 is 1.11. The minimum Gasteiger partial charge on any atom is -0.480 e. The van der Waals surface area contributed by atoms with Gasteiger partial charge in [0.25, 0.3) is 0 Å². The number of carboxylic acids is 1. The summed E-state index contributed by atoms with van der Waals surface area (Å²) in [4.78, 5) is 37.5. The number of rotatable bonds is 6. The molecule has 7 nitrogen and oxygen atoms in total. The molecule has 0 fully saturated rings. The summed E-state index contributed by atoms with van der Waals surface area (Å²) in [6.07, 6.45) is 3.09. The maximum absolute atomic E-state index is 11.7. The van der Waals surface area contributed by atoms with Crippen molar-refractivity contribution in [2.24, 2.45) is 5.92 Å². The van der Waals surface area contributed by atoms with Gasteiger partial charge in [-0.05, 0) is 18.4 Å². The quantitative estimate of drug-likeness (QED) is 0.747. The molecule has 0 aliphatic heterocycles. The average molecular weight is 267 g/mol. The SMILES string of the molecule is CC(C)C[C@H](NC(=O)Cn1cccnc1=O)C(=O)O. The first-order valence-electron chi connectivity index (χ1n) is 5.93. The lowest BCUT2D eigenvalue weighted by Gasteiger charge is -2.16. The summed E-state index contributed by atoms with van der Waals surface area (Å²) >= 11 is 0. The molecule has 2 N–H and O–H groups in total. The Hall–Kier alpha value is -2.18. The fourth-order valence-electron chi connectivity index (χ4n) is 1.60. The van der Waals surface area contributed by atoms with Crippen LogP contribution in [-0.2, 0) is 16.1 Å². The van der Waals surface area contributed by atoms with Crippen LogP contribution in [-0.4, -0.2) is 32.6 Å². The Kier molecular flexibility index (Phi) is 5.23. The topological polar surface area (TPSA) is 101 Å². The summed E-state index contributed by atoms with van der Waals surface area (Å²) in [6.45, 7) is 3.50. The van der Waals surface area contributed by atoms with E-state index in [0.29, 0.717) is 6.42 Å². The van der Waals surface area contributed by atoms with E-state index in [4.69, 9.17) is 5.11 Å². The molecule has 104 valence electrons. The zero-order valence-corrected chi connectivity index (χ0v) is 10.9. The lowest BCUT2D eigenvalue weighted by atomic mass is 10.0. The zero-order chi connectivity index (χ0) is 14.4. The van der Waals surface area contributed by atoms with E-state index in [-0.39, 0.29) is 12.5 Å². The first kappa shape index (κ1) is 14.9. The largest absolute Gasteiger partial charge is 0.480 e. The number of aliphatic carboxylic acids is 1. The molecule has 1 amide bonds. The molecular weight excluding hydrogens is 250 g/mol. The van der Waals surface area contributed by atoms with E-state index in [9.17, 15) is 14.4 Å². The summed E-state index contributed by atoms with van der Waals surface area (Å²) in [5.41, 5.74) is -0.548. The molecule has 0 aliphatic carbocycles. The van der Waals surface area contributed by atoms with Gasteiger partial charge in [-0.15, -0.1) is 0 Å². The second-order valence-electron chi connectivity index (χ2n) is 4.62. The van der Waals surface area contributed by atoms with E-state index in [2.05, 4.69) is 10.3 Å². The van der Waals surface area contributed by atoms with Crippen molar-refractivity contribution in [3.63, 3.8) is 0 Å². The first-order valence-corrected chi connectivity index (χ1v) is 5.93. The Bertz CT molecular complexity index is 510. The summed E-state index contributed by atoms with van der Waals surface area (Å²) in [5, 5.41) is 11.4. The maximum atomic E-state index is 11.7. The molecule has 0 bridgehead atoms. The Balaban J connectivity index is 2.66. The van der Waals surface area contributed by atoms with Crippen molar-refractivity contribution in [2.75, 3.05) is 0 Å². The molecule has 1 aromatic rings. The van der Waals surface area contributed by atoms with Crippen LogP contribution in [0.5, 0.6) is 0 Å². The third-order valence-electron chi connectivity index (χ3n) is 2.44. The van der Waals surface area contributed by atoms with E-state index in [1.807, 2.05) is 13.8 Å². The molecule has 1 atom stereocenters. The Morgan fingerprint density at radius 3 is 2.68 bits per heavy atom. The van der Waals surface area contributed by atoms with Crippen LogP contribution in [0.3, 0.4) is 0 Å². The van der Waals surface area contributed by atoms with Crippen molar-refractivity contribution in [3.05, 3.63) is 28.9 Å². The van der Waals surface area contributed by atoms with Crippen molar-refractivity contribution in [1.82, 2.24) is 14.9 Å². The highest BCUT2D eigenvalue weighted by atomic mass is 16.4. The van der Waals surface area contributed by atoms with E-state index >= 15 is 0 Å². The van der Waals surface area contributed by atoms with Gasteiger partial charge in [-0.2, -0.15) is 0 Å². The van der Waals surface area contributed by atoms with Gasteiger partial charge in [0.1, 0.15) is 12.6 Å². The zero-order valence-electron chi connectivity index (χ0n) is 10.9. The molecule has 0 aromatic carbocycles. The number of hydrogen-bond donors (Lipinski definition) is 2. The van der Waals surface area contributed by atoms with Crippen LogP contribution in [0.25, 0.3) is 0 Å². The normalized spacial score (nSPS) is 12.2. The van der Waals surface area contributed by atoms with Crippen LogP contribution in [0.2, 0.25) is 0 Å². The number of carboxylic acid groups (broad SMARTS) is 1. The molecule has 0 spiro atoms. The molecule has 0 saturated heterocycles. The lowest BCUT2D eigenvalue weighted by molar-refractivity contribution is -0.142. The maximum Gasteiger partial charge on any atom is 0.347 e. The second-order valence-corrected chi connectivity index (χ2v) is 4.62. The highest BCUT2D eigenvalue weighted by Gasteiger charge is 2.21. The van der Waals surface area contributed by atoms with Crippen molar-refractivity contribution < 1.29 is 14.7 Å². The monoisotopic (exact) mass is 267 g/mol. The number of carbonyl (C=O) groups excluding carboxylic acids is 1. The van der Waals surface area contributed by atoms with Crippen LogP contribution < -0.4 is 11.0 Å². The van der Waals surface area contributed by atoms with Gasteiger partial charge in [0.2, 0.25) is 5.91 Å². The van der Waals surface area contributed by atoms with Gasteiger partial charge in [-0.1, -0.05) is 13.8 Å². The van der Waals surface area contributed by atoms with Crippen LogP contribution in [0, 0.1) is 5.92 Å². The molecule has 1 heterocycles. The molecule has 0 unspecified atom stereocenters. The number of nitrogens with zero attached hydrogens (tertiary/aromatic N) is 2. The fraction of sp³-hybridized carbons (Fsp3) is 0.500. The predicted octanol–water partition coefficient (Wildman–Crippen LogP) is -0.141. The molecular formula is C12H17N3O4. The minimum atomic E-state index is -1.08. The Morgan fingerprint density at radius 1 is 1.47 bits per heavy atom. The first-order chi connectivity index (χ1) is 8.90. The highest BCUT2D eigenvalue weighted by molar-refractivity contribution is 5.83. The van der Waals surface area contributed by atoms with E-state index in [0.717, 1.165) is 4.57 Å². The second kappa shape index (κ2) is 6.67. The summed E-state index contributed by atoms with van der Waals surface area (Å²) in [6, 6.07) is 0.581. The van der Waals surface area contributed by atoms with Gasteiger partial charge >= 0.3 is 11.7 Å². The van der Waals surface area contributed by atoms with Crippen LogP contribution in [0.4, 0.5) is 0 Å². The standard InChI is InChI=1S/C12H17N3O4/c1-8(2)6-9(11(17)18)14-10(16)7-15-5-3-4-13-12(15)19/h3-5,8-9H,6-7H2,1-2H3,(H,14,16)(H,17,18)/t9-/m0/s1. The highest BCUT2D eigenvalue weighted by Crippen LogP contribution is 2.04. The summed E-state index contributed by atoms with van der Waals surface area (Å²) in [5.74, 6) is -1.47. The van der Waals surface area contributed by atoms with Crippen molar-refractivity contribution >= 4 is 11.9 Å². The number of nitrogens with one attached hydrogen (secondary N) is 1. The van der Waals surface area contributed by atoms with E-state index in [1.54, 1.807) is 0 Å². The van der Waals surface area contributed by atoms with Crippen LogP contribution in [0.15, 0.2) is 23.3 Å². The number of amides is 1. The third kappa shape index (κ3) is 4.90. The van der Waals surface area contributed by atoms with Gasteiger partial charge in [0.15, 0.2) is 0 Å². The molecule has 1 rings (SSSR count). The number of aromatic nitrogens is 2. The van der Waals surface area contributed by atoms with Gasteiger partial charge in [0.05, 0.1) is 0 Å². The predicted molar refractivity (Wildman–Crippen MR) is 67.5 cm³/mol. The molecule has 19 heavy (non-hydrogen) atoms. The summed E-state index contributed by atoms with van der Waals surface area (Å²) in [7, 11) is 0. The van der Waals surface area contributed by atoms with Crippen molar-refractivity contribution in [3.8, 4) is 0 Å². The lowest BCUT2D eigenvalue weighted by Crippen LogP contribution is -2.44. The van der Waals surface area contributed by atoms with Gasteiger partial charge in [-0.3, -0.25) is 9.36 Å². The minimum absolute atomic E-state index is 0.141. The average Bonchev–Trinajstić information content (AvgIpc) is 2.30. The van der Waals surface area contributed by atoms with Crippen molar-refractivity contribution in [1.29, 1.82) is 0 Å². The third-order valence-corrected chi connectivity index (χ3v) is 2.44. The Morgan fingerprint density at radius 2 is 2.16 bits per heavy atom. The molecule has 1 aromatic heterocycles. The number of hydrogen-bond acceptors (Lipinski definition) is 4. The molecule has 0 radical (unpaired) electrons. The number of carbonyl (C=O) groups is 2. The van der Waals surface area contributed by atoms with Gasteiger partial charge in [0, 0.05) is 12.4 Å². The fourth-order valence-corrected chi connectivity index (χ4v) is 1.60. The van der Waals surface area contributed by atoms with E-state index < -0.39 is 23.6 Å². The van der Waals surface area contributed by atoms with Gasteiger partial charge in [-0.25, -0.2) is 14.6 Å². The Labute approximate surface area is 110 Å². The smallest absolute Gasteiger partial charge is 0.347 e.